The van der Waals surface area contributed by atoms with Gasteiger partial charge in [0.15, 0.2) is 0 Å². The summed E-state index contributed by atoms with van der Waals surface area (Å²) in [6.45, 7) is 9.92. The fourth-order valence-electron chi connectivity index (χ4n) is 2.83. The van der Waals surface area contributed by atoms with Gasteiger partial charge in [0.2, 0.25) is 0 Å². The monoisotopic (exact) mass is 263 g/mol. The van der Waals surface area contributed by atoms with Crippen LogP contribution in [0.1, 0.15) is 44.7 Å². The Morgan fingerprint density at radius 3 is 2.37 bits per heavy atom. The second-order valence-corrected chi connectivity index (χ2v) is 5.26. The molecule has 108 valence electrons. The van der Waals surface area contributed by atoms with Gasteiger partial charge in [0, 0.05) is 6.04 Å². The van der Waals surface area contributed by atoms with Gasteiger partial charge in [0.1, 0.15) is 5.75 Å². The van der Waals surface area contributed by atoms with E-state index in [0.29, 0.717) is 6.04 Å². The molecule has 0 fully saturated rings. The first kappa shape index (κ1) is 16.0. The summed E-state index contributed by atoms with van der Waals surface area (Å²) in [4.78, 5) is 0. The molecule has 1 aromatic carbocycles. The Balaban J connectivity index is 2.91. The van der Waals surface area contributed by atoms with E-state index in [2.05, 4.69) is 51.2 Å². The molecule has 1 unspecified atom stereocenters. The van der Waals surface area contributed by atoms with Crippen molar-refractivity contribution < 1.29 is 4.74 Å². The molecule has 1 N–H and O–H groups in total. The Bertz CT molecular complexity index is 372. The largest absolute Gasteiger partial charge is 0.496 e. The molecule has 0 radical (unpaired) electrons. The van der Waals surface area contributed by atoms with Crippen LogP contribution in [0, 0.1) is 12.8 Å². The third-order valence-electron chi connectivity index (χ3n) is 3.96. The number of aryl methyl sites for hydroxylation is 1. The molecule has 0 saturated heterocycles. The Labute approximate surface area is 118 Å². The number of hydrogen-bond acceptors (Lipinski definition) is 2. The number of hydrogen-bond donors (Lipinski definition) is 1. The van der Waals surface area contributed by atoms with Crippen LogP contribution in [-0.4, -0.2) is 19.7 Å². The van der Waals surface area contributed by atoms with Gasteiger partial charge in [-0.15, -0.1) is 0 Å². The predicted molar refractivity (Wildman–Crippen MR) is 83.0 cm³/mol. The van der Waals surface area contributed by atoms with E-state index in [4.69, 9.17) is 4.74 Å². The lowest BCUT2D eigenvalue weighted by molar-refractivity contribution is 0.331. The summed E-state index contributed by atoms with van der Waals surface area (Å²) < 4.78 is 5.50. The van der Waals surface area contributed by atoms with E-state index >= 15 is 0 Å². The minimum atomic E-state index is 0.538. The summed E-state index contributed by atoms with van der Waals surface area (Å²) in [5, 5.41) is 3.65. The highest BCUT2D eigenvalue weighted by Gasteiger charge is 2.19. The summed E-state index contributed by atoms with van der Waals surface area (Å²) in [7, 11) is 1.76. The van der Waals surface area contributed by atoms with E-state index in [0.717, 1.165) is 24.6 Å². The second kappa shape index (κ2) is 8.21. The molecule has 1 atom stereocenters. The number of nitrogens with one attached hydrogen (secondary N) is 1. The number of benzene rings is 1. The van der Waals surface area contributed by atoms with E-state index in [9.17, 15) is 0 Å². The quantitative estimate of drug-likeness (QED) is 0.766. The van der Waals surface area contributed by atoms with Crippen molar-refractivity contribution in [3.63, 3.8) is 0 Å². The zero-order chi connectivity index (χ0) is 14.3. The van der Waals surface area contributed by atoms with Gasteiger partial charge >= 0.3 is 0 Å². The zero-order valence-corrected chi connectivity index (χ0v) is 13.1. The van der Waals surface area contributed by atoms with Gasteiger partial charge in [0.05, 0.1) is 7.11 Å². The number of likely N-dealkylation sites (N-methyl/N-ethyl adjacent to an activating group) is 1. The van der Waals surface area contributed by atoms with Crippen LogP contribution in [0.25, 0.3) is 0 Å². The third kappa shape index (κ3) is 4.54. The van der Waals surface area contributed by atoms with Crippen LogP contribution < -0.4 is 10.1 Å². The SMILES string of the molecule is CCNC(Cc1cc(C)ccc1OC)C(CC)CC. The van der Waals surface area contributed by atoms with Crippen molar-refractivity contribution in [3.8, 4) is 5.75 Å². The van der Waals surface area contributed by atoms with Crippen molar-refractivity contribution in [1.29, 1.82) is 0 Å². The zero-order valence-electron chi connectivity index (χ0n) is 13.1. The highest BCUT2D eigenvalue weighted by Crippen LogP contribution is 2.24. The highest BCUT2D eigenvalue weighted by atomic mass is 16.5. The topological polar surface area (TPSA) is 21.3 Å². The van der Waals surface area contributed by atoms with E-state index < -0.39 is 0 Å². The molecule has 0 bridgehead atoms. The van der Waals surface area contributed by atoms with Crippen molar-refractivity contribution in [3.05, 3.63) is 29.3 Å². The molecule has 0 spiro atoms. The van der Waals surface area contributed by atoms with Crippen molar-refractivity contribution in [2.24, 2.45) is 5.92 Å². The smallest absolute Gasteiger partial charge is 0.122 e. The normalized spacial score (nSPS) is 12.7. The Kier molecular flexibility index (Phi) is 6.93. The van der Waals surface area contributed by atoms with Crippen molar-refractivity contribution in [1.82, 2.24) is 5.32 Å². The summed E-state index contributed by atoms with van der Waals surface area (Å²) in [5.41, 5.74) is 2.62. The molecule has 0 aliphatic carbocycles. The number of rotatable bonds is 8. The summed E-state index contributed by atoms with van der Waals surface area (Å²) >= 11 is 0. The van der Waals surface area contributed by atoms with Gasteiger partial charge in [-0.05, 0) is 37.4 Å². The Hall–Kier alpha value is -1.02. The minimum Gasteiger partial charge on any atom is -0.496 e. The summed E-state index contributed by atoms with van der Waals surface area (Å²) in [6, 6.07) is 6.99. The Morgan fingerprint density at radius 1 is 1.16 bits per heavy atom. The van der Waals surface area contributed by atoms with Crippen LogP contribution >= 0.6 is 0 Å². The van der Waals surface area contributed by atoms with E-state index in [-0.39, 0.29) is 0 Å². The van der Waals surface area contributed by atoms with E-state index in [1.807, 2.05) is 0 Å². The number of methoxy groups -OCH3 is 1. The van der Waals surface area contributed by atoms with Crippen LogP contribution in [0.2, 0.25) is 0 Å². The van der Waals surface area contributed by atoms with Crippen LogP contribution in [0.15, 0.2) is 18.2 Å². The maximum absolute atomic E-state index is 5.50. The molecule has 2 heteroatoms. The molecule has 0 heterocycles. The summed E-state index contributed by atoms with van der Waals surface area (Å²) in [6.07, 6.45) is 3.50. The van der Waals surface area contributed by atoms with Crippen molar-refractivity contribution in [2.75, 3.05) is 13.7 Å². The molecule has 1 rings (SSSR count). The molecule has 0 aliphatic rings. The van der Waals surface area contributed by atoms with Gasteiger partial charge in [-0.3, -0.25) is 0 Å². The lowest BCUT2D eigenvalue weighted by Crippen LogP contribution is -2.37. The van der Waals surface area contributed by atoms with Crippen molar-refractivity contribution in [2.45, 2.75) is 53.0 Å². The van der Waals surface area contributed by atoms with Gasteiger partial charge in [0.25, 0.3) is 0 Å². The first-order valence-corrected chi connectivity index (χ1v) is 7.53. The fourth-order valence-corrected chi connectivity index (χ4v) is 2.83. The lowest BCUT2D eigenvalue weighted by atomic mass is 9.88. The molecule has 19 heavy (non-hydrogen) atoms. The van der Waals surface area contributed by atoms with Crippen LogP contribution in [0.5, 0.6) is 5.75 Å². The third-order valence-corrected chi connectivity index (χ3v) is 3.96. The molecule has 1 aromatic rings. The molecule has 0 aromatic heterocycles. The maximum atomic E-state index is 5.50. The highest BCUT2D eigenvalue weighted by molar-refractivity contribution is 5.37. The van der Waals surface area contributed by atoms with Gasteiger partial charge in [-0.1, -0.05) is 51.3 Å². The molecule has 0 aliphatic heterocycles. The van der Waals surface area contributed by atoms with Gasteiger partial charge in [-0.25, -0.2) is 0 Å². The van der Waals surface area contributed by atoms with Crippen LogP contribution in [0.4, 0.5) is 0 Å². The number of ether oxygens (including phenoxy) is 1. The lowest BCUT2D eigenvalue weighted by Gasteiger charge is -2.27. The molecular formula is C17H29NO. The first-order chi connectivity index (χ1) is 9.15. The molecule has 0 saturated carbocycles. The maximum Gasteiger partial charge on any atom is 0.122 e. The standard InChI is InChI=1S/C17H29NO/c1-6-14(7-2)16(18-8-3)12-15-11-13(4)9-10-17(15)19-5/h9-11,14,16,18H,6-8,12H2,1-5H3. The Morgan fingerprint density at radius 2 is 1.84 bits per heavy atom. The second-order valence-electron chi connectivity index (χ2n) is 5.26. The van der Waals surface area contributed by atoms with Crippen LogP contribution in [-0.2, 0) is 6.42 Å². The molecule has 2 nitrogen and oxygen atoms in total. The molecular weight excluding hydrogens is 234 g/mol. The van der Waals surface area contributed by atoms with Gasteiger partial charge < -0.3 is 10.1 Å². The van der Waals surface area contributed by atoms with Crippen molar-refractivity contribution >= 4 is 0 Å². The minimum absolute atomic E-state index is 0.538. The van der Waals surface area contributed by atoms with Gasteiger partial charge in [-0.2, -0.15) is 0 Å². The van der Waals surface area contributed by atoms with E-state index in [1.54, 1.807) is 7.11 Å². The van der Waals surface area contributed by atoms with Crippen LogP contribution in [0.3, 0.4) is 0 Å². The molecule has 0 amide bonds. The van der Waals surface area contributed by atoms with E-state index in [1.165, 1.54) is 24.0 Å². The average Bonchev–Trinajstić information content (AvgIpc) is 2.40. The summed E-state index contributed by atoms with van der Waals surface area (Å²) in [5.74, 6) is 1.74. The first-order valence-electron chi connectivity index (χ1n) is 7.53. The fraction of sp³-hybridized carbons (Fsp3) is 0.647. The predicted octanol–water partition coefficient (Wildman–Crippen LogP) is 3.96. The average molecular weight is 263 g/mol.